The summed E-state index contributed by atoms with van der Waals surface area (Å²) in [5.41, 5.74) is 2.73. The first-order valence-corrected chi connectivity index (χ1v) is 10.2. The lowest BCUT2D eigenvalue weighted by molar-refractivity contribution is 0.0189. The molecule has 2 aliphatic heterocycles. The van der Waals surface area contributed by atoms with Crippen molar-refractivity contribution in [3.05, 3.63) is 35.4 Å². The van der Waals surface area contributed by atoms with Gasteiger partial charge in [-0.3, -0.25) is 9.89 Å². The fourth-order valence-electron chi connectivity index (χ4n) is 3.74. The second-order valence-electron chi connectivity index (χ2n) is 7.44. The van der Waals surface area contributed by atoms with Crippen molar-refractivity contribution in [1.29, 1.82) is 0 Å². The van der Waals surface area contributed by atoms with Gasteiger partial charge in [-0.05, 0) is 25.3 Å². The minimum atomic E-state index is 0. The number of halogens is 1. The number of aliphatic imine (C=N–C) groups is 1. The Hall–Kier alpha value is -0.900. The van der Waals surface area contributed by atoms with Crippen LogP contribution in [-0.4, -0.2) is 81.5 Å². The Morgan fingerprint density at radius 2 is 2.11 bits per heavy atom. The third kappa shape index (κ3) is 7.50. The molecule has 1 aromatic carbocycles. The van der Waals surface area contributed by atoms with E-state index in [9.17, 15) is 0 Å². The zero-order valence-corrected chi connectivity index (χ0v) is 19.6. The lowest BCUT2D eigenvalue weighted by Gasteiger charge is -2.36. The molecule has 0 spiro atoms. The number of hydrogen-bond donors (Lipinski definition) is 1. The van der Waals surface area contributed by atoms with Gasteiger partial charge in [0, 0.05) is 52.9 Å². The number of guanidine groups is 1. The standard InChI is InChI=1S/C21H34N4O2.HI/c1-18-5-3-6-19(15-18)16-24-9-11-25(12-10-24)21(22-2)23-8-14-26-17-20-7-4-13-27-20;/h3,5-6,15,20H,4,7-14,16-17H2,1-2H3,(H,22,23);1H. The molecule has 7 heteroatoms. The summed E-state index contributed by atoms with van der Waals surface area (Å²) in [6.45, 7) is 10.4. The number of piperazine rings is 1. The number of nitrogens with zero attached hydrogens (tertiary/aromatic N) is 3. The van der Waals surface area contributed by atoms with E-state index < -0.39 is 0 Å². The lowest BCUT2D eigenvalue weighted by Crippen LogP contribution is -2.52. The number of ether oxygens (including phenoxy) is 2. The first-order chi connectivity index (χ1) is 13.2. The highest BCUT2D eigenvalue weighted by molar-refractivity contribution is 14.0. The van der Waals surface area contributed by atoms with Crippen LogP contribution < -0.4 is 5.32 Å². The first kappa shape index (κ1) is 23.4. The van der Waals surface area contributed by atoms with Crippen LogP contribution in [0.25, 0.3) is 0 Å². The van der Waals surface area contributed by atoms with Crippen LogP contribution in [0.3, 0.4) is 0 Å². The van der Waals surface area contributed by atoms with Crippen molar-refractivity contribution >= 4 is 29.9 Å². The Bertz CT molecular complexity index is 600. The Morgan fingerprint density at radius 3 is 2.79 bits per heavy atom. The third-order valence-corrected chi connectivity index (χ3v) is 5.23. The molecule has 2 heterocycles. The normalized spacial score (nSPS) is 20.9. The van der Waals surface area contributed by atoms with Gasteiger partial charge in [0.15, 0.2) is 5.96 Å². The molecule has 158 valence electrons. The minimum absolute atomic E-state index is 0. The summed E-state index contributed by atoms with van der Waals surface area (Å²) in [5.74, 6) is 0.978. The number of hydrogen-bond acceptors (Lipinski definition) is 4. The summed E-state index contributed by atoms with van der Waals surface area (Å²) in [6, 6.07) is 8.80. The zero-order chi connectivity index (χ0) is 18.9. The Morgan fingerprint density at radius 1 is 1.29 bits per heavy atom. The van der Waals surface area contributed by atoms with Gasteiger partial charge in [-0.15, -0.1) is 24.0 Å². The molecule has 6 nitrogen and oxygen atoms in total. The van der Waals surface area contributed by atoms with Gasteiger partial charge in [0.05, 0.1) is 19.3 Å². The molecular weight excluding hydrogens is 467 g/mol. The lowest BCUT2D eigenvalue weighted by atomic mass is 10.1. The molecule has 0 aromatic heterocycles. The summed E-state index contributed by atoms with van der Waals surface area (Å²) in [6.07, 6.45) is 2.59. The van der Waals surface area contributed by atoms with Crippen LogP contribution in [0.15, 0.2) is 29.3 Å². The van der Waals surface area contributed by atoms with E-state index in [4.69, 9.17) is 9.47 Å². The molecule has 0 radical (unpaired) electrons. The van der Waals surface area contributed by atoms with Crippen LogP contribution in [0.2, 0.25) is 0 Å². The van der Waals surface area contributed by atoms with Crippen LogP contribution in [0, 0.1) is 6.92 Å². The van der Waals surface area contributed by atoms with E-state index in [1.807, 2.05) is 7.05 Å². The molecule has 0 amide bonds. The van der Waals surface area contributed by atoms with E-state index in [1.54, 1.807) is 0 Å². The van der Waals surface area contributed by atoms with Gasteiger partial charge >= 0.3 is 0 Å². The molecule has 1 unspecified atom stereocenters. The van der Waals surface area contributed by atoms with Crippen LogP contribution >= 0.6 is 24.0 Å². The molecular formula is C21H35IN4O2. The second kappa shape index (κ2) is 12.6. The highest BCUT2D eigenvalue weighted by Gasteiger charge is 2.20. The zero-order valence-electron chi connectivity index (χ0n) is 17.2. The fourth-order valence-corrected chi connectivity index (χ4v) is 3.74. The summed E-state index contributed by atoms with van der Waals surface area (Å²) >= 11 is 0. The average molecular weight is 502 g/mol. The molecule has 3 rings (SSSR count). The van der Waals surface area contributed by atoms with Gasteiger partial charge in [-0.25, -0.2) is 0 Å². The predicted octanol–water partition coefficient (Wildman–Crippen LogP) is 2.50. The molecule has 2 saturated heterocycles. The smallest absolute Gasteiger partial charge is 0.193 e. The maximum atomic E-state index is 5.72. The molecule has 2 fully saturated rings. The van der Waals surface area contributed by atoms with E-state index in [0.29, 0.717) is 19.3 Å². The number of aryl methyl sites for hydroxylation is 1. The molecule has 1 N–H and O–H groups in total. The van der Waals surface area contributed by atoms with Crippen LogP contribution in [0.1, 0.15) is 24.0 Å². The second-order valence-corrected chi connectivity index (χ2v) is 7.44. The number of nitrogens with one attached hydrogen (secondary N) is 1. The average Bonchev–Trinajstić information content (AvgIpc) is 3.19. The third-order valence-electron chi connectivity index (χ3n) is 5.23. The Balaban J connectivity index is 0.00000280. The molecule has 0 aliphatic carbocycles. The van der Waals surface area contributed by atoms with E-state index in [1.165, 1.54) is 11.1 Å². The van der Waals surface area contributed by atoms with Crippen molar-refractivity contribution in [2.24, 2.45) is 4.99 Å². The van der Waals surface area contributed by atoms with Crippen molar-refractivity contribution in [1.82, 2.24) is 15.1 Å². The first-order valence-electron chi connectivity index (χ1n) is 10.2. The Labute approximate surface area is 186 Å². The topological polar surface area (TPSA) is 49.3 Å². The number of rotatable bonds is 7. The minimum Gasteiger partial charge on any atom is -0.377 e. The van der Waals surface area contributed by atoms with E-state index in [-0.39, 0.29) is 24.0 Å². The SMILES string of the molecule is CN=C(NCCOCC1CCCO1)N1CCN(Cc2cccc(C)c2)CC1.I. The summed E-state index contributed by atoms with van der Waals surface area (Å²) in [4.78, 5) is 9.30. The van der Waals surface area contributed by atoms with Crippen molar-refractivity contribution < 1.29 is 9.47 Å². The van der Waals surface area contributed by atoms with Gasteiger partial charge in [-0.1, -0.05) is 29.8 Å². The van der Waals surface area contributed by atoms with Crippen LogP contribution in [0.4, 0.5) is 0 Å². The van der Waals surface area contributed by atoms with Gasteiger partial charge in [0.2, 0.25) is 0 Å². The summed E-state index contributed by atoms with van der Waals surface area (Å²) < 4.78 is 11.3. The van der Waals surface area contributed by atoms with Gasteiger partial charge < -0.3 is 19.7 Å². The highest BCUT2D eigenvalue weighted by atomic mass is 127. The van der Waals surface area contributed by atoms with E-state index in [2.05, 4.69) is 51.3 Å². The molecule has 28 heavy (non-hydrogen) atoms. The largest absolute Gasteiger partial charge is 0.377 e. The molecule has 2 aliphatic rings. The summed E-state index contributed by atoms with van der Waals surface area (Å²) in [7, 11) is 1.86. The van der Waals surface area contributed by atoms with Crippen molar-refractivity contribution in [3.8, 4) is 0 Å². The Kier molecular flexibility index (Phi) is 10.5. The molecule has 1 aromatic rings. The maximum absolute atomic E-state index is 5.72. The van der Waals surface area contributed by atoms with Gasteiger partial charge in [0.25, 0.3) is 0 Å². The van der Waals surface area contributed by atoms with Crippen LogP contribution in [-0.2, 0) is 16.0 Å². The predicted molar refractivity (Wildman–Crippen MR) is 125 cm³/mol. The van der Waals surface area contributed by atoms with E-state index in [0.717, 1.165) is 64.7 Å². The van der Waals surface area contributed by atoms with Crippen molar-refractivity contribution in [2.45, 2.75) is 32.4 Å². The van der Waals surface area contributed by atoms with Gasteiger partial charge in [0.1, 0.15) is 0 Å². The van der Waals surface area contributed by atoms with Gasteiger partial charge in [-0.2, -0.15) is 0 Å². The maximum Gasteiger partial charge on any atom is 0.193 e. The van der Waals surface area contributed by atoms with E-state index >= 15 is 0 Å². The quantitative estimate of drug-likeness (QED) is 0.269. The highest BCUT2D eigenvalue weighted by Crippen LogP contribution is 2.12. The monoisotopic (exact) mass is 502 g/mol. The fraction of sp³-hybridized carbons (Fsp3) is 0.667. The van der Waals surface area contributed by atoms with Crippen molar-refractivity contribution in [2.75, 3.05) is 59.6 Å². The van der Waals surface area contributed by atoms with Crippen molar-refractivity contribution in [3.63, 3.8) is 0 Å². The molecule has 1 atom stereocenters. The molecule has 0 bridgehead atoms. The molecule has 0 saturated carbocycles. The van der Waals surface area contributed by atoms with Crippen LogP contribution in [0.5, 0.6) is 0 Å². The number of benzene rings is 1. The summed E-state index contributed by atoms with van der Waals surface area (Å²) in [5, 5.41) is 3.43.